The number of rotatable bonds is 8. The van der Waals surface area contributed by atoms with Gasteiger partial charge in [0.25, 0.3) is 5.91 Å². The van der Waals surface area contributed by atoms with Crippen molar-refractivity contribution in [2.45, 2.75) is 19.5 Å². The van der Waals surface area contributed by atoms with E-state index in [1.54, 1.807) is 6.07 Å². The molecule has 5 N–H and O–H groups in total. The van der Waals surface area contributed by atoms with Gasteiger partial charge in [-0.25, -0.2) is 9.78 Å². The SMILES string of the molecule is COCC(CNc1cc2c(c(Nc3ccc(C)cc3)n1)C(=O)NC2)NC(=O)O. The number of aromatic nitrogens is 1. The summed E-state index contributed by atoms with van der Waals surface area (Å²) in [5, 5.41) is 20.4. The van der Waals surface area contributed by atoms with Crippen molar-refractivity contribution in [1.82, 2.24) is 15.6 Å². The highest BCUT2D eigenvalue weighted by molar-refractivity contribution is 6.03. The molecule has 1 aliphatic heterocycles. The first-order valence-electron chi connectivity index (χ1n) is 8.84. The zero-order valence-corrected chi connectivity index (χ0v) is 15.7. The van der Waals surface area contributed by atoms with Crippen LogP contribution in [0.5, 0.6) is 0 Å². The van der Waals surface area contributed by atoms with Crippen molar-refractivity contribution in [3.8, 4) is 0 Å². The summed E-state index contributed by atoms with van der Waals surface area (Å²) in [7, 11) is 1.51. The van der Waals surface area contributed by atoms with Gasteiger partial charge in [0.2, 0.25) is 0 Å². The van der Waals surface area contributed by atoms with Gasteiger partial charge in [-0.2, -0.15) is 0 Å². The monoisotopic (exact) mass is 385 g/mol. The van der Waals surface area contributed by atoms with Crippen molar-refractivity contribution in [1.29, 1.82) is 0 Å². The lowest BCUT2D eigenvalue weighted by Gasteiger charge is -2.18. The van der Waals surface area contributed by atoms with Crippen molar-refractivity contribution in [2.24, 2.45) is 0 Å². The van der Waals surface area contributed by atoms with Crippen LogP contribution in [0.1, 0.15) is 21.5 Å². The van der Waals surface area contributed by atoms with E-state index in [0.717, 1.165) is 16.8 Å². The van der Waals surface area contributed by atoms with Crippen LogP contribution in [0.25, 0.3) is 0 Å². The molecular weight excluding hydrogens is 362 g/mol. The molecule has 9 nitrogen and oxygen atoms in total. The smallest absolute Gasteiger partial charge is 0.405 e. The molecule has 2 aromatic rings. The van der Waals surface area contributed by atoms with Gasteiger partial charge in [0.05, 0.1) is 18.2 Å². The Morgan fingerprint density at radius 2 is 2.11 bits per heavy atom. The van der Waals surface area contributed by atoms with E-state index in [-0.39, 0.29) is 19.1 Å². The normalized spacial score (nSPS) is 13.4. The number of benzene rings is 1. The summed E-state index contributed by atoms with van der Waals surface area (Å²) < 4.78 is 5.04. The lowest BCUT2D eigenvalue weighted by atomic mass is 10.1. The summed E-state index contributed by atoms with van der Waals surface area (Å²) in [5.74, 6) is 0.819. The molecule has 0 saturated heterocycles. The zero-order valence-electron chi connectivity index (χ0n) is 15.7. The Balaban J connectivity index is 1.81. The lowest BCUT2D eigenvalue weighted by Crippen LogP contribution is -2.42. The van der Waals surface area contributed by atoms with Gasteiger partial charge in [-0.05, 0) is 30.7 Å². The summed E-state index contributed by atoms with van der Waals surface area (Å²) >= 11 is 0. The Hall–Kier alpha value is -3.33. The van der Waals surface area contributed by atoms with Crippen LogP contribution >= 0.6 is 0 Å². The molecule has 0 aliphatic carbocycles. The maximum atomic E-state index is 12.2. The Morgan fingerprint density at radius 1 is 1.36 bits per heavy atom. The number of anilines is 3. The van der Waals surface area contributed by atoms with Crippen LogP contribution in [-0.2, 0) is 11.3 Å². The van der Waals surface area contributed by atoms with Crippen LogP contribution in [0, 0.1) is 6.92 Å². The second kappa shape index (κ2) is 8.57. The third-order valence-corrected chi connectivity index (χ3v) is 4.31. The van der Waals surface area contributed by atoms with Crippen LogP contribution in [0.3, 0.4) is 0 Å². The zero-order chi connectivity index (χ0) is 20.1. The molecule has 0 radical (unpaired) electrons. The Kier molecular flexibility index (Phi) is 5.95. The maximum absolute atomic E-state index is 12.2. The number of fused-ring (bicyclic) bond motifs is 1. The molecule has 0 spiro atoms. The Morgan fingerprint density at radius 3 is 2.79 bits per heavy atom. The summed E-state index contributed by atoms with van der Waals surface area (Å²) in [6.07, 6.45) is -1.12. The van der Waals surface area contributed by atoms with Gasteiger partial charge in [-0.1, -0.05) is 17.7 Å². The predicted octanol–water partition coefficient (Wildman–Crippen LogP) is 2.07. The minimum atomic E-state index is -1.12. The fourth-order valence-electron chi connectivity index (χ4n) is 2.96. The molecule has 0 bridgehead atoms. The minimum Gasteiger partial charge on any atom is -0.465 e. The topological polar surface area (TPSA) is 125 Å². The number of amides is 2. The number of ether oxygens (including phenoxy) is 1. The molecule has 148 valence electrons. The molecule has 1 aromatic carbocycles. The molecule has 9 heteroatoms. The lowest BCUT2D eigenvalue weighted by molar-refractivity contribution is 0.0966. The van der Waals surface area contributed by atoms with E-state index >= 15 is 0 Å². The predicted molar refractivity (Wildman–Crippen MR) is 105 cm³/mol. The number of nitrogens with one attached hydrogen (secondary N) is 4. The number of nitrogens with zero attached hydrogens (tertiary/aromatic N) is 1. The number of pyridine rings is 1. The molecule has 0 fully saturated rings. The Labute approximate surface area is 162 Å². The van der Waals surface area contributed by atoms with Gasteiger partial charge in [-0.15, -0.1) is 0 Å². The molecular formula is C19H23N5O4. The summed E-state index contributed by atoms with van der Waals surface area (Å²) in [6, 6.07) is 9.13. The van der Waals surface area contributed by atoms with Gasteiger partial charge >= 0.3 is 6.09 Å². The van der Waals surface area contributed by atoms with Gasteiger partial charge in [0, 0.05) is 25.9 Å². The van der Waals surface area contributed by atoms with E-state index < -0.39 is 12.1 Å². The van der Waals surface area contributed by atoms with Gasteiger partial charge in [0.1, 0.15) is 11.6 Å². The molecule has 28 heavy (non-hydrogen) atoms. The van der Waals surface area contributed by atoms with E-state index in [0.29, 0.717) is 23.7 Å². The number of methoxy groups -OCH3 is 1. The van der Waals surface area contributed by atoms with E-state index in [4.69, 9.17) is 9.84 Å². The van der Waals surface area contributed by atoms with Crippen molar-refractivity contribution in [3.63, 3.8) is 0 Å². The van der Waals surface area contributed by atoms with Crippen molar-refractivity contribution in [2.75, 3.05) is 30.9 Å². The molecule has 3 rings (SSSR count). The summed E-state index contributed by atoms with van der Waals surface area (Å²) in [4.78, 5) is 27.6. The number of carbonyl (C=O) groups excluding carboxylic acids is 1. The van der Waals surface area contributed by atoms with Crippen LogP contribution in [0.2, 0.25) is 0 Å². The molecule has 2 heterocycles. The third-order valence-electron chi connectivity index (χ3n) is 4.31. The van der Waals surface area contributed by atoms with Crippen LogP contribution in [0.4, 0.5) is 22.1 Å². The number of carboxylic acid groups (broad SMARTS) is 1. The summed E-state index contributed by atoms with van der Waals surface area (Å²) in [6.45, 7) is 2.93. The second-order valence-corrected chi connectivity index (χ2v) is 6.55. The van der Waals surface area contributed by atoms with Gasteiger partial charge in [0.15, 0.2) is 0 Å². The highest BCUT2D eigenvalue weighted by atomic mass is 16.5. The first kappa shape index (κ1) is 19.4. The first-order chi connectivity index (χ1) is 13.5. The van der Waals surface area contributed by atoms with E-state index in [1.807, 2.05) is 31.2 Å². The second-order valence-electron chi connectivity index (χ2n) is 6.55. The standard InChI is InChI=1S/C19H23N5O4/c1-11-3-5-13(6-4-11)22-17-16-12(8-21-18(16)25)7-15(24-17)20-9-14(10-28-2)23-19(26)27/h3-7,14,23H,8-10H2,1-2H3,(H,21,25)(H,26,27)(H2,20,22,24). The highest BCUT2D eigenvalue weighted by Gasteiger charge is 2.25. The van der Waals surface area contributed by atoms with Gasteiger partial charge in [-0.3, -0.25) is 4.79 Å². The van der Waals surface area contributed by atoms with Crippen LogP contribution in [0.15, 0.2) is 30.3 Å². The van der Waals surface area contributed by atoms with Crippen molar-refractivity contribution >= 4 is 29.3 Å². The maximum Gasteiger partial charge on any atom is 0.405 e. The fraction of sp³-hybridized carbons (Fsp3) is 0.316. The average Bonchev–Trinajstić information content (AvgIpc) is 3.02. The Bertz CT molecular complexity index is 869. The van der Waals surface area contributed by atoms with Crippen molar-refractivity contribution in [3.05, 3.63) is 47.0 Å². The number of carbonyl (C=O) groups is 2. The molecule has 2 amide bonds. The van der Waals surface area contributed by atoms with Crippen LogP contribution < -0.4 is 21.3 Å². The number of hydrogen-bond acceptors (Lipinski definition) is 6. The van der Waals surface area contributed by atoms with E-state index in [9.17, 15) is 9.59 Å². The average molecular weight is 385 g/mol. The number of hydrogen-bond donors (Lipinski definition) is 5. The van der Waals surface area contributed by atoms with E-state index in [2.05, 4.69) is 26.3 Å². The first-order valence-corrected chi connectivity index (χ1v) is 8.84. The summed E-state index contributed by atoms with van der Waals surface area (Å²) in [5.41, 5.74) is 3.30. The molecule has 1 aliphatic rings. The molecule has 0 saturated carbocycles. The van der Waals surface area contributed by atoms with Crippen molar-refractivity contribution < 1.29 is 19.4 Å². The quantitative estimate of drug-likeness (QED) is 0.471. The van der Waals surface area contributed by atoms with Gasteiger partial charge < -0.3 is 31.1 Å². The van der Waals surface area contributed by atoms with Crippen LogP contribution in [-0.4, -0.2) is 48.4 Å². The highest BCUT2D eigenvalue weighted by Crippen LogP contribution is 2.28. The number of aryl methyl sites for hydroxylation is 1. The minimum absolute atomic E-state index is 0.173. The fourth-order valence-corrected chi connectivity index (χ4v) is 2.96. The molecule has 1 aromatic heterocycles. The van der Waals surface area contributed by atoms with E-state index in [1.165, 1.54) is 7.11 Å². The third kappa shape index (κ3) is 4.68. The molecule has 1 unspecified atom stereocenters. The largest absolute Gasteiger partial charge is 0.465 e. The molecule has 1 atom stereocenters.